The molecule has 0 spiro atoms. The van der Waals surface area contributed by atoms with Crippen LogP contribution in [-0.4, -0.2) is 37.7 Å². The van der Waals surface area contributed by atoms with Crippen molar-refractivity contribution in [2.75, 3.05) is 19.0 Å². The molecule has 2 N–H and O–H groups in total. The van der Waals surface area contributed by atoms with Gasteiger partial charge in [0.15, 0.2) is 6.61 Å². The predicted molar refractivity (Wildman–Crippen MR) is 107 cm³/mol. The Balaban J connectivity index is 1.81. The molecule has 0 fully saturated rings. The molecule has 146 valence electrons. The Hall–Kier alpha value is -3.20. The van der Waals surface area contributed by atoms with Crippen LogP contribution in [0.5, 0.6) is 5.75 Å². The number of rotatable bonds is 8. The summed E-state index contributed by atoms with van der Waals surface area (Å²) in [6.07, 6.45) is 1.07. The highest BCUT2D eigenvalue weighted by atomic mass is 79.9. The van der Waals surface area contributed by atoms with Crippen molar-refractivity contribution >= 4 is 45.6 Å². The summed E-state index contributed by atoms with van der Waals surface area (Å²) in [6, 6.07) is 13.9. The van der Waals surface area contributed by atoms with Crippen molar-refractivity contribution in [3.05, 3.63) is 58.6 Å². The lowest BCUT2D eigenvalue weighted by Gasteiger charge is -2.07. The molecule has 2 aromatic rings. The van der Waals surface area contributed by atoms with Gasteiger partial charge in [0.05, 0.1) is 17.8 Å². The van der Waals surface area contributed by atoms with Crippen molar-refractivity contribution < 1.29 is 23.9 Å². The number of halogens is 1. The number of para-hydroxylation sites is 1. The molecular formula is C19H18BrN3O5. The smallest absolute Gasteiger partial charge is 0.343 e. The first kappa shape index (κ1) is 21.1. The number of carbonyl (C=O) groups is 3. The van der Waals surface area contributed by atoms with Crippen LogP contribution in [0.3, 0.4) is 0 Å². The molecule has 0 unspecified atom stereocenters. The van der Waals surface area contributed by atoms with Crippen LogP contribution in [0.4, 0.5) is 5.69 Å². The minimum Gasteiger partial charge on any atom is -0.481 e. The molecule has 0 radical (unpaired) electrons. The minimum atomic E-state index is -0.540. The van der Waals surface area contributed by atoms with Crippen molar-refractivity contribution in [2.45, 2.75) is 6.42 Å². The first-order chi connectivity index (χ1) is 13.5. The van der Waals surface area contributed by atoms with Gasteiger partial charge < -0.3 is 14.8 Å². The van der Waals surface area contributed by atoms with E-state index in [4.69, 9.17) is 4.74 Å². The predicted octanol–water partition coefficient (Wildman–Crippen LogP) is 2.48. The summed E-state index contributed by atoms with van der Waals surface area (Å²) in [6.45, 7) is -0.205. The normalized spacial score (nSPS) is 10.4. The van der Waals surface area contributed by atoms with E-state index in [0.29, 0.717) is 21.5 Å². The summed E-state index contributed by atoms with van der Waals surface area (Å²) in [4.78, 5) is 34.7. The van der Waals surface area contributed by atoms with Crippen LogP contribution >= 0.6 is 15.9 Å². The van der Waals surface area contributed by atoms with Crippen LogP contribution < -0.4 is 15.5 Å². The molecule has 0 aliphatic heterocycles. The third-order valence-electron chi connectivity index (χ3n) is 3.31. The molecule has 0 aliphatic rings. The average molecular weight is 448 g/mol. The number of amides is 2. The number of nitrogens with one attached hydrogen (secondary N) is 2. The summed E-state index contributed by atoms with van der Waals surface area (Å²) in [5.41, 5.74) is 3.58. The van der Waals surface area contributed by atoms with E-state index in [2.05, 4.69) is 36.5 Å². The molecular weight excluding hydrogens is 430 g/mol. The second-order valence-electron chi connectivity index (χ2n) is 5.44. The summed E-state index contributed by atoms with van der Waals surface area (Å²) in [7, 11) is 1.28. The van der Waals surface area contributed by atoms with Gasteiger partial charge in [0.2, 0.25) is 11.8 Å². The number of nitrogens with zero attached hydrogens (tertiary/aromatic N) is 1. The standard InChI is InChI=1S/C19H18BrN3O5/c1-27-19(26)12-28-16-8-7-13(9-15(16)20)11-21-23-18(25)10-17(24)22-14-5-3-2-4-6-14/h2-9,11H,10,12H2,1H3,(H,22,24)(H,23,25). The van der Waals surface area contributed by atoms with Crippen molar-refractivity contribution in [3.63, 3.8) is 0 Å². The zero-order valence-corrected chi connectivity index (χ0v) is 16.6. The number of benzene rings is 2. The van der Waals surface area contributed by atoms with Crippen LogP contribution in [-0.2, 0) is 19.1 Å². The molecule has 0 aromatic heterocycles. The van der Waals surface area contributed by atoms with E-state index >= 15 is 0 Å². The van der Waals surface area contributed by atoms with E-state index in [1.165, 1.54) is 13.3 Å². The average Bonchev–Trinajstić information content (AvgIpc) is 2.67. The van der Waals surface area contributed by atoms with E-state index in [0.717, 1.165) is 0 Å². The number of anilines is 1. The van der Waals surface area contributed by atoms with Gasteiger partial charge in [0, 0.05) is 5.69 Å². The molecule has 2 rings (SSSR count). The van der Waals surface area contributed by atoms with Gasteiger partial charge in [-0.05, 0) is 51.8 Å². The van der Waals surface area contributed by atoms with Gasteiger partial charge >= 0.3 is 5.97 Å². The van der Waals surface area contributed by atoms with Crippen molar-refractivity contribution in [3.8, 4) is 5.75 Å². The maximum Gasteiger partial charge on any atom is 0.343 e. The van der Waals surface area contributed by atoms with Crippen LogP contribution in [0.2, 0.25) is 0 Å². The fourth-order valence-corrected chi connectivity index (χ4v) is 2.51. The highest BCUT2D eigenvalue weighted by Crippen LogP contribution is 2.25. The van der Waals surface area contributed by atoms with Crippen LogP contribution in [0, 0.1) is 0 Å². The molecule has 28 heavy (non-hydrogen) atoms. The molecule has 2 aromatic carbocycles. The van der Waals surface area contributed by atoms with Gasteiger partial charge in [-0.3, -0.25) is 9.59 Å². The Labute approximate surface area is 170 Å². The lowest BCUT2D eigenvalue weighted by Crippen LogP contribution is -2.24. The van der Waals surface area contributed by atoms with Gasteiger partial charge in [-0.2, -0.15) is 5.10 Å². The highest BCUT2D eigenvalue weighted by molar-refractivity contribution is 9.10. The maximum absolute atomic E-state index is 11.8. The molecule has 0 saturated heterocycles. The Bertz CT molecular complexity index is 871. The monoisotopic (exact) mass is 447 g/mol. The van der Waals surface area contributed by atoms with Crippen LogP contribution in [0.15, 0.2) is 58.1 Å². The lowest BCUT2D eigenvalue weighted by molar-refractivity contribution is -0.143. The van der Waals surface area contributed by atoms with Gasteiger partial charge in [-0.25, -0.2) is 10.2 Å². The number of methoxy groups -OCH3 is 1. The number of carbonyl (C=O) groups excluding carboxylic acids is 3. The Morgan fingerprint density at radius 3 is 2.54 bits per heavy atom. The molecule has 0 heterocycles. The SMILES string of the molecule is COC(=O)COc1ccc(C=NNC(=O)CC(=O)Nc2ccccc2)cc1Br. The number of hydrogen-bond donors (Lipinski definition) is 2. The zero-order valence-electron chi connectivity index (χ0n) is 15.0. The molecule has 0 bridgehead atoms. The van der Waals surface area contributed by atoms with Gasteiger partial charge in [0.25, 0.3) is 0 Å². The maximum atomic E-state index is 11.8. The topological polar surface area (TPSA) is 106 Å². The Morgan fingerprint density at radius 2 is 1.86 bits per heavy atom. The minimum absolute atomic E-state index is 0.205. The Kier molecular flexibility index (Phi) is 8.16. The molecule has 0 atom stereocenters. The third-order valence-corrected chi connectivity index (χ3v) is 3.93. The number of hydrogen-bond acceptors (Lipinski definition) is 6. The third kappa shape index (κ3) is 7.20. The van der Waals surface area contributed by atoms with Crippen LogP contribution in [0.25, 0.3) is 0 Å². The number of ether oxygens (including phenoxy) is 2. The summed E-state index contributed by atoms with van der Waals surface area (Å²) in [5.74, 6) is -1.00. The summed E-state index contributed by atoms with van der Waals surface area (Å²) >= 11 is 3.33. The van der Waals surface area contributed by atoms with Crippen molar-refractivity contribution in [1.82, 2.24) is 5.43 Å². The second kappa shape index (κ2) is 10.8. The fourth-order valence-electron chi connectivity index (χ4n) is 2.00. The van der Waals surface area contributed by atoms with Gasteiger partial charge in [-0.15, -0.1) is 0 Å². The van der Waals surface area contributed by atoms with Crippen molar-refractivity contribution in [2.24, 2.45) is 5.10 Å². The number of esters is 1. The molecule has 2 amide bonds. The van der Waals surface area contributed by atoms with E-state index in [-0.39, 0.29) is 13.0 Å². The van der Waals surface area contributed by atoms with E-state index < -0.39 is 17.8 Å². The second-order valence-corrected chi connectivity index (χ2v) is 6.29. The highest BCUT2D eigenvalue weighted by Gasteiger charge is 2.09. The summed E-state index contributed by atoms with van der Waals surface area (Å²) in [5, 5.41) is 6.43. The largest absolute Gasteiger partial charge is 0.481 e. The van der Waals surface area contributed by atoms with Gasteiger partial charge in [-0.1, -0.05) is 18.2 Å². The molecule has 0 aliphatic carbocycles. The first-order valence-corrected chi connectivity index (χ1v) is 8.93. The first-order valence-electron chi connectivity index (χ1n) is 8.14. The zero-order chi connectivity index (χ0) is 20.4. The van der Waals surface area contributed by atoms with E-state index in [9.17, 15) is 14.4 Å². The molecule has 9 heteroatoms. The molecule has 8 nitrogen and oxygen atoms in total. The fraction of sp³-hybridized carbons (Fsp3) is 0.158. The number of hydrazone groups is 1. The lowest BCUT2D eigenvalue weighted by atomic mass is 10.2. The van der Waals surface area contributed by atoms with E-state index in [1.54, 1.807) is 42.5 Å². The quantitative estimate of drug-likeness (QED) is 0.279. The van der Waals surface area contributed by atoms with Crippen molar-refractivity contribution in [1.29, 1.82) is 0 Å². The van der Waals surface area contributed by atoms with Gasteiger partial charge in [0.1, 0.15) is 12.2 Å². The van der Waals surface area contributed by atoms with E-state index in [1.807, 2.05) is 6.07 Å². The van der Waals surface area contributed by atoms with Crippen LogP contribution in [0.1, 0.15) is 12.0 Å². The Morgan fingerprint density at radius 1 is 1.11 bits per heavy atom. The summed E-state index contributed by atoms with van der Waals surface area (Å²) < 4.78 is 10.4. The molecule has 0 saturated carbocycles.